The predicted molar refractivity (Wildman–Crippen MR) is 108 cm³/mol. The predicted octanol–water partition coefficient (Wildman–Crippen LogP) is 1.94. The lowest BCUT2D eigenvalue weighted by molar-refractivity contribution is 0.0787. The van der Waals surface area contributed by atoms with Gasteiger partial charge in [0.25, 0.3) is 5.91 Å². The summed E-state index contributed by atoms with van der Waals surface area (Å²) in [6.45, 7) is 1.96. The lowest BCUT2D eigenvalue weighted by atomic mass is 10.2. The molecule has 152 valence electrons. The van der Waals surface area contributed by atoms with Crippen LogP contribution in [0, 0.1) is 0 Å². The largest absolute Gasteiger partial charge is 0.497 e. The van der Waals surface area contributed by atoms with Gasteiger partial charge < -0.3 is 14.4 Å². The highest BCUT2D eigenvalue weighted by molar-refractivity contribution is 5.94. The molecule has 1 amide bonds. The van der Waals surface area contributed by atoms with Crippen LogP contribution in [0.5, 0.6) is 5.75 Å². The molecular weight excluding hydrogens is 372 g/mol. The molecule has 8 heteroatoms. The number of ether oxygens (including phenoxy) is 2. The van der Waals surface area contributed by atoms with Gasteiger partial charge in [0.2, 0.25) is 0 Å². The fourth-order valence-corrected chi connectivity index (χ4v) is 3.91. The van der Waals surface area contributed by atoms with Crippen LogP contribution >= 0.6 is 0 Å². The van der Waals surface area contributed by atoms with E-state index >= 15 is 0 Å². The summed E-state index contributed by atoms with van der Waals surface area (Å²) in [4.78, 5) is 32.3. The van der Waals surface area contributed by atoms with Crippen LogP contribution in [0.2, 0.25) is 0 Å². The van der Waals surface area contributed by atoms with E-state index in [-0.39, 0.29) is 17.6 Å². The number of hydrogen-bond acceptors (Lipinski definition) is 5. The fourth-order valence-electron chi connectivity index (χ4n) is 3.91. The molecule has 4 rings (SSSR count). The van der Waals surface area contributed by atoms with Crippen LogP contribution in [-0.4, -0.2) is 58.8 Å². The molecule has 8 nitrogen and oxygen atoms in total. The second-order valence-corrected chi connectivity index (χ2v) is 7.07. The van der Waals surface area contributed by atoms with E-state index in [0.29, 0.717) is 49.6 Å². The summed E-state index contributed by atoms with van der Waals surface area (Å²) in [5, 5.41) is 0. The molecule has 3 aromatic rings. The van der Waals surface area contributed by atoms with E-state index in [1.165, 1.54) is 0 Å². The van der Waals surface area contributed by atoms with Crippen molar-refractivity contribution in [3.63, 3.8) is 0 Å². The lowest BCUT2D eigenvalue weighted by Crippen LogP contribution is -2.32. The van der Waals surface area contributed by atoms with E-state index in [1.807, 2.05) is 18.2 Å². The third-order valence-corrected chi connectivity index (χ3v) is 5.37. The Bertz CT molecular complexity index is 1090. The highest BCUT2D eigenvalue weighted by Crippen LogP contribution is 2.26. The number of carbonyl (C=O) groups is 1. The van der Waals surface area contributed by atoms with Gasteiger partial charge in [0.05, 0.1) is 31.8 Å². The van der Waals surface area contributed by atoms with Gasteiger partial charge in [-0.25, -0.2) is 9.78 Å². The van der Waals surface area contributed by atoms with E-state index < -0.39 is 0 Å². The van der Waals surface area contributed by atoms with E-state index in [9.17, 15) is 9.59 Å². The molecule has 3 heterocycles. The second kappa shape index (κ2) is 8.08. The minimum absolute atomic E-state index is 0.0597. The van der Waals surface area contributed by atoms with Crippen molar-refractivity contribution in [3.05, 3.63) is 58.6 Å². The van der Waals surface area contributed by atoms with Gasteiger partial charge in [0.15, 0.2) is 5.65 Å². The average Bonchev–Trinajstić information content (AvgIpc) is 3.34. The maximum Gasteiger partial charge on any atom is 0.330 e. The molecule has 0 spiro atoms. The summed E-state index contributed by atoms with van der Waals surface area (Å²) >= 11 is 0. The monoisotopic (exact) mass is 396 g/mol. The van der Waals surface area contributed by atoms with Gasteiger partial charge >= 0.3 is 5.69 Å². The number of imidazole rings is 1. The van der Waals surface area contributed by atoms with Crippen LogP contribution in [-0.2, 0) is 11.3 Å². The van der Waals surface area contributed by atoms with Gasteiger partial charge in [-0.3, -0.25) is 13.9 Å². The Labute approximate surface area is 168 Å². The average molecular weight is 396 g/mol. The number of fused-ring (bicyclic) bond motifs is 1. The molecule has 0 aliphatic carbocycles. The topological polar surface area (TPSA) is 78.6 Å². The second-order valence-electron chi connectivity index (χ2n) is 7.07. The zero-order valence-corrected chi connectivity index (χ0v) is 16.6. The van der Waals surface area contributed by atoms with Crippen molar-refractivity contribution in [1.82, 2.24) is 19.0 Å². The molecule has 0 N–H and O–H groups in total. The Morgan fingerprint density at radius 3 is 2.90 bits per heavy atom. The van der Waals surface area contributed by atoms with Crippen molar-refractivity contribution in [2.24, 2.45) is 0 Å². The van der Waals surface area contributed by atoms with Crippen molar-refractivity contribution < 1.29 is 14.3 Å². The van der Waals surface area contributed by atoms with Crippen molar-refractivity contribution >= 4 is 17.1 Å². The number of likely N-dealkylation sites (tertiary alicyclic amines) is 1. The first kappa shape index (κ1) is 19.2. The smallest absolute Gasteiger partial charge is 0.330 e. The molecule has 2 aromatic heterocycles. The Morgan fingerprint density at radius 2 is 2.10 bits per heavy atom. The summed E-state index contributed by atoms with van der Waals surface area (Å²) in [6.07, 6.45) is 2.39. The molecule has 1 atom stereocenters. The number of hydrogen-bond donors (Lipinski definition) is 0. The van der Waals surface area contributed by atoms with Crippen LogP contribution in [0.3, 0.4) is 0 Å². The van der Waals surface area contributed by atoms with Crippen LogP contribution < -0.4 is 10.4 Å². The van der Waals surface area contributed by atoms with Crippen molar-refractivity contribution in [2.45, 2.75) is 19.0 Å². The molecule has 1 aliphatic rings. The Kier molecular flexibility index (Phi) is 5.35. The molecule has 1 fully saturated rings. The number of aromatic nitrogens is 3. The first-order valence-corrected chi connectivity index (χ1v) is 9.62. The SMILES string of the molecule is COCCn1c(=O)n([C@@H]2CCN(C(=O)c3cccc(OC)c3)C2)c2ncccc21. The number of nitrogens with zero attached hydrogens (tertiary/aromatic N) is 4. The van der Waals surface area contributed by atoms with E-state index in [1.54, 1.807) is 52.6 Å². The third-order valence-electron chi connectivity index (χ3n) is 5.37. The minimum Gasteiger partial charge on any atom is -0.497 e. The Morgan fingerprint density at radius 1 is 1.24 bits per heavy atom. The molecule has 1 aromatic carbocycles. The zero-order chi connectivity index (χ0) is 20.4. The number of pyridine rings is 1. The summed E-state index contributed by atoms with van der Waals surface area (Å²) in [5.74, 6) is 0.587. The number of methoxy groups -OCH3 is 2. The Balaban J connectivity index is 1.62. The molecule has 29 heavy (non-hydrogen) atoms. The van der Waals surface area contributed by atoms with Gasteiger partial charge in [-0.1, -0.05) is 6.07 Å². The maximum atomic E-state index is 13.1. The zero-order valence-electron chi connectivity index (χ0n) is 16.6. The summed E-state index contributed by atoms with van der Waals surface area (Å²) in [5.41, 5.74) is 1.90. The first-order chi connectivity index (χ1) is 14.1. The molecule has 1 aliphatic heterocycles. The van der Waals surface area contributed by atoms with Crippen molar-refractivity contribution in [1.29, 1.82) is 0 Å². The minimum atomic E-state index is -0.114. The molecule has 0 radical (unpaired) electrons. The van der Waals surface area contributed by atoms with Crippen molar-refractivity contribution in [3.8, 4) is 5.75 Å². The van der Waals surface area contributed by atoms with Crippen molar-refractivity contribution in [2.75, 3.05) is 33.9 Å². The van der Waals surface area contributed by atoms with Gasteiger partial charge in [0, 0.05) is 32.0 Å². The third kappa shape index (κ3) is 3.51. The van der Waals surface area contributed by atoms with Crippen LogP contribution in [0.1, 0.15) is 22.8 Å². The standard InChI is InChI=1S/C21H24N4O4/c1-28-12-11-24-18-7-4-9-22-19(18)25(21(24)27)16-8-10-23(14-16)20(26)15-5-3-6-17(13-15)29-2/h3-7,9,13,16H,8,10-12,14H2,1-2H3/t16-/m1/s1. The summed E-state index contributed by atoms with van der Waals surface area (Å²) in [7, 11) is 3.19. The van der Waals surface area contributed by atoms with Crippen LogP contribution in [0.15, 0.2) is 47.4 Å². The molecule has 0 unspecified atom stereocenters. The highest BCUT2D eigenvalue weighted by atomic mass is 16.5. The normalized spacial score (nSPS) is 16.5. The Hall–Kier alpha value is -3.13. The van der Waals surface area contributed by atoms with Crippen LogP contribution in [0.25, 0.3) is 11.2 Å². The van der Waals surface area contributed by atoms with Crippen LogP contribution in [0.4, 0.5) is 0 Å². The molecule has 0 saturated carbocycles. The summed E-state index contributed by atoms with van der Waals surface area (Å²) < 4.78 is 13.8. The quantitative estimate of drug-likeness (QED) is 0.636. The number of benzene rings is 1. The van der Waals surface area contributed by atoms with Gasteiger partial charge in [0.1, 0.15) is 5.75 Å². The number of amides is 1. The van der Waals surface area contributed by atoms with Gasteiger partial charge in [-0.2, -0.15) is 0 Å². The summed E-state index contributed by atoms with van der Waals surface area (Å²) in [6, 6.07) is 10.7. The fraction of sp³-hybridized carbons (Fsp3) is 0.381. The van der Waals surface area contributed by atoms with E-state index in [2.05, 4.69) is 4.98 Å². The molecular formula is C21H24N4O4. The van der Waals surface area contributed by atoms with Gasteiger partial charge in [-0.05, 0) is 36.8 Å². The van der Waals surface area contributed by atoms with E-state index in [0.717, 1.165) is 5.52 Å². The van der Waals surface area contributed by atoms with E-state index in [4.69, 9.17) is 9.47 Å². The molecule has 0 bridgehead atoms. The first-order valence-electron chi connectivity index (χ1n) is 9.62. The van der Waals surface area contributed by atoms with Gasteiger partial charge in [-0.15, -0.1) is 0 Å². The lowest BCUT2D eigenvalue weighted by Gasteiger charge is -2.17. The molecule has 1 saturated heterocycles. The number of rotatable bonds is 6. The highest BCUT2D eigenvalue weighted by Gasteiger charge is 2.31. The number of carbonyl (C=O) groups excluding carboxylic acids is 1. The maximum absolute atomic E-state index is 13.1.